The van der Waals surface area contributed by atoms with Gasteiger partial charge in [0.05, 0.1) is 12.6 Å². The van der Waals surface area contributed by atoms with Crippen molar-refractivity contribution in [3.8, 4) is 0 Å². The maximum Gasteiger partial charge on any atom is 0.260 e. The van der Waals surface area contributed by atoms with E-state index in [9.17, 15) is 14.7 Å². The number of unbranched alkanes of at least 4 members (excludes halogenated alkanes) is 5. The van der Waals surface area contributed by atoms with Crippen molar-refractivity contribution in [2.24, 2.45) is 0 Å². The van der Waals surface area contributed by atoms with E-state index in [4.69, 9.17) is 5.11 Å². The van der Waals surface area contributed by atoms with Crippen LogP contribution in [-0.2, 0) is 9.59 Å². The first-order chi connectivity index (χ1) is 9.04. The van der Waals surface area contributed by atoms with Crippen LogP contribution in [0.2, 0.25) is 0 Å². The Morgan fingerprint density at radius 1 is 1.32 bits per heavy atom. The molecule has 1 amide bonds. The second-order valence-electron chi connectivity index (χ2n) is 5.36. The van der Waals surface area contributed by atoms with E-state index in [-0.39, 0.29) is 19.4 Å². The van der Waals surface area contributed by atoms with E-state index < -0.39 is 23.3 Å². The largest absolute Gasteiger partial charge is 0.394 e. The molecule has 0 radical (unpaired) electrons. The van der Waals surface area contributed by atoms with Crippen LogP contribution in [0, 0.1) is 0 Å². The molecule has 1 aliphatic heterocycles. The fraction of sp³-hybridized carbons (Fsp3) is 0.857. The van der Waals surface area contributed by atoms with E-state index in [1.807, 2.05) is 0 Å². The van der Waals surface area contributed by atoms with E-state index in [1.54, 1.807) is 0 Å². The third-order valence-corrected chi connectivity index (χ3v) is 3.69. The van der Waals surface area contributed by atoms with Crippen LogP contribution in [0.3, 0.4) is 0 Å². The molecule has 1 unspecified atom stereocenters. The molecule has 5 nitrogen and oxygen atoms in total. The Kier molecular flexibility index (Phi) is 6.45. The van der Waals surface area contributed by atoms with Gasteiger partial charge in [-0.1, -0.05) is 39.0 Å². The summed E-state index contributed by atoms with van der Waals surface area (Å²) in [5.74, 6) is -1.08. The fourth-order valence-corrected chi connectivity index (χ4v) is 2.43. The Balaban J connectivity index is 2.30. The van der Waals surface area contributed by atoms with Gasteiger partial charge in [0.1, 0.15) is 0 Å². The highest BCUT2D eigenvalue weighted by Crippen LogP contribution is 2.24. The van der Waals surface area contributed by atoms with Crippen molar-refractivity contribution in [2.75, 3.05) is 6.61 Å². The topological polar surface area (TPSA) is 86.6 Å². The van der Waals surface area contributed by atoms with Gasteiger partial charge in [-0.3, -0.25) is 9.59 Å². The quantitative estimate of drug-likeness (QED) is 0.430. The van der Waals surface area contributed by atoms with Gasteiger partial charge in [0.2, 0.25) is 5.60 Å². The molecule has 0 spiro atoms. The first-order valence-corrected chi connectivity index (χ1v) is 7.22. The number of amides is 1. The molecule has 3 N–H and O–H groups in total. The summed E-state index contributed by atoms with van der Waals surface area (Å²) in [4.78, 5) is 23.5. The molecule has 0 bridgehead atoms. The van der Waals surface area contributed by atoms with E-state index in [0.29, 0.717) is 6.42 Å². The molecule has 1 aliphatic rings. The molecule has 19 heavy (non-hydrogen) atoms. The third kappa shape index (κ3) is 4.28. The lowest BCUT2D eigenvalue weighted by Gasteiger charge is -2.17. The number of nitrogens with one attached hydrogen (secondary N) is 1. The van der Waals surface area contributed by atoms with Gasteiger partial charge >= 0.3 is 0 Å². The van der Waals surface area contributed by atoms with Gasteiger partial charge in [0.25, 0.3) is 5.91 Å². The SMILES string of the molecule is CCCCCCCCC(=O)C1(O)C[C@@H](CO)NC1=O. The van der Waals surface area contributed by atoms with E-state index >= 15 is 0 Å². The molecular weight excluding hydrogens is 246 g/mol. The molecule has 0 aromatic heterocycles. The molecule has 5 heteroatoms. The highest BCUT2D eigenvalue weighted by atomic mass is 16.3. The summed E-state index contributed by atoms with van der Waals surface area (Å²) in [5, 5.41) is 21.5. The van der Waals surface area contributed by atoms with E-state index in [0.717, 1.165) is 12.8 Å². The minimum atomic E-state index is -1.92. The average molecular weight is 271 g/mol. The number of hydrogen-bond acceptors (Lipinski definition) is 4. The van der Waals surface area contributed by atoms with Crippen molar-refractivity contribution in [3.05, 3.63) is 0 Å². The number of rotatable bonds is 9. The summed E-state index contributed by atoms with van der Waals surface area (Å²) >= 11 is 0. The van der Waals surface area contributed by atoms with Crippen LogP contribution >= 0.6 is 0 Å². The van der Waals surface area contributed by atoms with Crippen molar-refractivity contribution in [2.45, 2.75) is 69.9 Å². The zero-order valence-corrected chi connectivity index (χ0v) is 11.7. The van der Waals surface area contributed by atoms with Crippen molar-refractivity contribution < 1.29 is 19.8 Å². The van der Waals surface area contributed by atoms with Gasteiger partial charge < -0.3 is 15.5 Å². The zero-order chi connectivity index (χ0) is 14.3. The number of carbonyl (C=O) groups excluding carboxylic acids is 2. The summed E-state index contributed by atoms with van der Waals surface area (Å²) in [6, 6.07) is -0.508. The lowest BCUT2D eigenvalue weighted by atomic mass is 9.91. The Morgan fingerprint density at radius 2 is 1.95 bits per heavy atom. The van der Waals surface area contributed by atoms with Gasteiger partial charge in [-0.2, -0.15) is 0 Å². The van der Waals surface area contributed by atoms with Crippen molar-refractivity contribution in [1.29, 1.82) is 0 Å². The third-order valence-electron chi connectivity index (χ3n) is 3.69. The van der Waals surface area contributed by atoms with Crippen LogP contribution in [0.1, 0.15) is 58.3 Å². The smallest absolute Gasteiger partial charge is 0.260 e. The van der Waals surface area contributed by atoms with Gasteiger partial charge in [-0.25, -0.2) is 0 Å². The van der Waals surface area contributed by atoms with Crippen molar-refractivity contribution in [3.63, 3.8) is 0 Å². The predicted octanol–water partition coefficient (Wildman–Crippen LogP) is 0.918. The Hall–Kier alpha value is -0.940. The summed E-state index contributed by atoms with van der Waals surface area (Å²) in [6.45, 7) is 1.90. The average Bonchev–Trinajstić information content (AvgIpc) is 2.70. The molecule has 0 aromatic carbocycles. The molecule has 1 heterocycles. The first-order valence-electron chi connectivity index (χ1n) is 7.22. The minimum Gasteiger partial charge on any atom is -0.394 e. The van der Waals surface area contributed by atoms with Crippen LogP contribution in [0.5, 0.6) is 0 Å². The number of aliphatic hydroxyl groups excluding tert-OH is 1. The van der Waals surface area contributed by atoms with Crippen molar-refractivity contribution in [1.82, 2.24) is 5.32 Å². The monoisotopic (exact) mass is 271 g/mol. The second-order valence-corrected chi connectivity index (χ2v) is 5.36. The Labute approximate surface area is 114 Å². The molecule has 1 saturated heterocycles. The summed E-state index contributed by atoms with van der Waals surface area (Å²) in [6.07, 6.45) is 6.52. The van der Waals surface area contributed by atoms with E-state index in [1.165, 1.54) is 19.3 Å². The summed E-state index contributed by atoms with van der Waals surface area (Å²) < 4.78 is 0. The number of carbonyl (C=O) groups is 2. The van der Waals surface area contributed by atoms with Crippen LogP contribution in [-0.4, -0.2) is 40.2 Å². The maximum atomic E-state index is 11.9. The number of Topliss-reactive ketones (excluding diaryl/α,β-unsaturated/α-hetero) is 1. The maximum absolute atomic E-state index is 11.9. The standard InChI is InChI=1S/C14H25NO4/c1-2-3-4-5-6-7-8-12(17)14(19)9-11(10-16)15-13(14)18/h11,16,19H,2-10H2,1H3,(H,15,18)/t11-,14?/m0/s1. The zero-order valence-electron chi connectivity index (χ0n) is 11.7. The number of aliphatic hydroxyl groups is 2. The summed E-state index contributed by atoms with van der Waals surface area (Å²) in [7, 11) is 0. The Bertz CT molecular complexity index is 319. The molecule has 1 rings (SSSR count). The molecule has 0 saturated carbocycles. The molecular formula is C14H25NO4. The number of hydrogen-bond donors (Lipinski definition) is 3. The second kappa shape index (κ2) is 7.60. The highest BCUT2D eigenvalue weighted by molar-refractivity contribution is 6.10. The predicted molar refractivity (Wildman–Crippen MR) is 71.6 cm³/mol. The molecule has 0 aliphatic carbocycles. The normalized spacial score (nSPS) is 26.5. The molecule has 0 aromatic rings. The van der Waals surface area contributed by atoms with Gasteiger partial charge in [0, 0.05) is 12.8 Å². The van der Waals surface area contributed by atoms with Crippen LogP contribution in [0.4, 0.5) is 0 Å². The van der Waals surface area contributed by atoms with Gasteiger partial charge in [-0.15, -0.1) is 0 Å². The highest BCUT2D eigenvalue weighted by Gasteiger charge is 2.50. The fourth-order valence-electron chi connectivity index (χ4n) is 2.43. The van der Waals surface area contributed by atoms with Gasteiger partial charge in [-0.05, 0) is 6.42 Å². The lowest BCUT2D eigenvalue weighted by Crippen LogP contribution is -2.45. The van der Waals surface area contributed by atoms with Crippen LogP contribution in [0.25, 0.3) is 0 Å². The molecule has 1 fully saturated rings. The van der Waals surface area contributed by atoms with Crippen LogP contribution in [0.15, 0.2) is 0 Å². The van der Waals surface area contributed by atoms with Gasteiger partial charge in [0.15, 0.2) is 5.78 Å². The van der Waals surface area contributed by atoms with Crippen LogP contribution < -0.4 is 5.32 Å². The van der Waals surface area contributed by atoms with Crippen molar-refractivity contribution >= 4 is 11.7 Å². The minimum absolute atomic E-state index is 0.0169. The summed E-state index contributed by atoms with van der Waals surface area (Å²) in [5.41, 5.74) is -1.92. The molecule has 110 valence electrons. The number of ketones is 1. The Morgan fingerprint density at radius 3 is 2.53 bits per heavy atom. The van der Waals surface area contributed by atoms with E-state index in [2.05, 4.69) is 12.2 Å². The molecule has 2 atom stereocenters. The lowest BCUT2D eigenvalue weighted by molar-refractivity contribution is -0.148. The first kappa shape index (κ1) is 16.1.